The molecule has 1 fully saturated rings. The first kappa shape index (κ1) is 47.8. The Bertz CT molecular complexity index is 1870. The lowest BCUT2D eigenvalue weighted by Gasteiger charge is -2.32. The number of epoxide rings is 1. The van der Waals surface area contributed by atoms with Crippen LogP contribution < -0.4 is 26.6 Å². The van der Waals surface area contributed by atoms with Gasteiger partial charge < -0.3 is 51.4 Å². The molecule has 8 amide bonds. The molecule has 0 spiro atoms. The molecule has 21 nitrogen and oxygen atoms in total. The van der Waals surface area contributed by atoms with E-state index in [4.69, 9.17) is 9.47 Å². The number of carbonyl (C=O) groups is 9. The summed E-state index contributed by atoms with van der Waals surface area (Å²) >= 11 is 0. The number of rotatable bonds is 20. The van der Waals surface area contributed by atoms with Gasteiger partial charge in [0.15, 0.2) is 12.2 Å². The first-order valence-electron chi connectivity index (χ1n) is 19.0. The number of ether oxygens (including phenoxy) is 2. The zero-order chi connectivity index (χ0) is 44.7. The second-order valence-electron chi connectivity index (χ2n) is 14.0. The van der Waals surface area contributed by atoms with Gasteiger partial charge in [-0.25, -0.2) is 14.6 Å². The summed E-state index contributed by atoms with van der Waals surface area (Å²) in [6, 6.07) is 11.6. The Hall–Kier alpha value is -6.61. The highest BCUT2D eigenvalue weighted by molar-refractivity contribution is 6.03. The summed E-state index contributed by atoms with van der Waals surface area (Å²) in [5.41, 5.74) is 1.47. The molecule has 0 bridgehead atoms. The number of aliphatic carboxylic acids is 1. The highest BCUT2D eigenvalue weighted by atomic mass is 16.6. The Balaban J connectivity index is 1.68. The number of aliphatic hydroxyl groups is 1. The lowest BCUT2D eigenvalue weighted by molar-refractivity contribution is -0.160. The van der Waals surface area contributed by atoms with E-state index >= 15 is 0 Å². The van der Waals surface area contributed by atoms with Crippen molar-refractivity contribution in [3.8, 4) is 0 Å². The van der Waals surface area contributed by atoms with Crippen LogP contribution in [0.5, 0.6) is 0 Å². The average molecular weight is 842 g/mol. The van der Waals surface area contributed by atoms with Gasteiger partial charge in [0.2, 0.25) is 17.7 Å². The SMILES string of the molecule is CC[C@H](C)[C@H](NC(=O)OCc1ccccc1)C(=O)N[C@@H](CCC(=O)O)C(=O)N[C@H](C(=O)N(C)N(C(=O)O)C(=O)[C@H]1O[C@@H]1C(=O)NC(C)C(=O)NCc1ccccc1)[C@@H](C)O. The van der Waals surface area contributed by atoms with Gasteiger partial charge in [0.1, 0.15) is 30.8 Å². The molecule has 1 unspecified atom stereocenters. The van der Waals surface area contributed by atoms with Gasteiger partial charge in [0, 0.05) is 20.0 Å². The molecule has 8 atom stereocenters. The first-order chi connectivity index (χ1) is 28.4. The molecule has 0 aromatic heterocycles. The van der Waals surface area contributed by atoms with E-state index in [0.29, 0.717) is 12.0 Å². The molecule has 2 aromatic carbocycles. The zero-order valence-electron chi connectivity index (χ0n) is 33.7. The third-order valence-electron chi connectivity index (χ3n) is 9.37. The van der Waals surface area contributed by atoms with Crippen LogP contribution in [-0.4, -0.2) is 128 Å². The third kappa shape index (κ3) is 14.0. The number of alkyl carbamates (subject to hydrolysis) is 1. The van der Waals surface area contributed by atoms with E-state index in [1.54, 1.807) is 74.5 Å². The molecule has 21 heteroatoms. The number of benzene rings is 2. The summed E-state index contributed by atoms with van der Waals surface area (Å²) in [4.78, 5) is 116. The number of aliphatic hydroxyl groups excluding tert-OH is 1. The average Bonchev–Trinajstić information content (AvgIpc) is 4.03. The number of hydrazine groups is 1. The van der Waals surface area contributed by atoms with Gasteiger partial charge in [-0.05, 0) is 37.3 Å². The van der Waals surface area contributed by atoms with Crippen molar-refractivity contribution in [1.82, 2.24) is 36.6 Å². The quantitative estimate of drug-likeness (QED) is 0.0644. The van der Waals surface area contributed by atoms with Crippen molar-refractivity contribution in [2.45, 2.75) is 103 Å². The molecule has 0 saturated carbocycles. The highest BCUT2D eigenvalue weighted by Crippen LogP contribution is 2.26. The summed E-state index contributed by atoms with van der Waals surface area (Å²) in [7, 11) is 0.829. The fourth-order valence-electron chi connectivity index (χ4n) is 5.62. The molecule has 1 aliphatic rings. The number of amides is 8. The maximum atomic E-state index is 13.6. The van der Waals surface area contributed by atoms with Crippen LogP contribution in [0.25, 0.3) is 0 Å². The minimum Gasteiger partial charge on any atom is -0.481 e. The van der Waals surface area contributed by atoms with Crippen LogP contribution in [0, 0.1) is 5.92 Å². The van der Waals surface area contributed by atoms with E-state index in [0.717, 1.165) is 19.5 Å². The molecular weight excluding hydrogens is 790 g/mol. The topological polar surface area (TPSA) is 303 Å². The zero-order valence-corrected chi connectivity index (χ0v) is 33.7. The maximum absolute atomic E-state index is 13.6. The first-order valence-corrected chi connectivity index (χ1v) is 19.0. The second-order valence-corrected chi connectivity index (χ2v) is 14.0. The lowest BCUT2D eigenvalue weighted by atomic mass is 9.97. The standard InChI is InChI=1S/C39H51N7O14/c1-6-21(2)28(44-38(56)59-20-25-15-11-8-12-16-25)34(52)42-26(17-18-27(48)49)33(51)43-29(23(4)47)36(54)45(5)46(39(57)58)37(55)31-30(60-31)35(53)41-22(3)32(50)40-19-24-13-9-7-10-14-24/h7-16,21-23,26,28-31,47H,6,17-20H2,1-5H3,(H,40,50)(H,41,53)(H,42,52)(H,43,51)(H,44,56)(H,48,49)(H,57,58)/t21-,22?,23+,26-,28-,29-,30-,31-/m0/s1. The maximum Gasteiger partial charge on any atom is 0.433 e. The second kappa shape index (κ2) is 22.5. The number of likely N-dealkylation sites (N-methyl/N-ethyl adjacent to an activating group) is 1. The van der Waals surface area contributed by atoms with Gasteiger partial charge in [-0.2, -0.15) is 0 Å². The Morgan fingerprint density at radius 2 is 1.37 bits per heavy atom. The van der Waals surface area contributed by atoms with E-state index in [-0.39, 0.29) is 23.2 Å². The van der Waals surface area contributed by atoms with Crippen LogP contribution in [0.1, 0.15) is 58.1 Å². The van der Waals surface area contributed by atoms with Crippen molar-refractivity contribution in [1.29, 1.82) is 0 Å². The van der Waals surface area contributed by atoms with E-state index < -0.39 is 115 Å². The lowest BCUT2D eigenvalue weighted by Crippen LogP contribution is -2.62. The fourth-order valence-corrected chi connectivity index (χ4v) is 5.62. The highest BCUT2D eigenvalue weighted by Gasteiger charge is 2.55. The minimum atomic E-state index is -2.01. The van der Waals surface area contributed by atoms with E-state index in [9.17, 15) is 58.5 Å². The Morgan fingerprint density at radius 1 is 0.767 bits per heavy atom. The Morgan fingerprint density at radius 3 is 1.92 bits per heavy atom. The van der Waals surface area contributed by atoms with Crippen LogP contribution in [-0.2, 0) is 56.2 Å². The van der Waals surface area contributed by atoms with Crippen LogP contribution in [0.3, 0.4) is 0 Å². The van der Waals surface area contributed by atoms with Gasteiger partial charge in [0.05, 0.1) is 6.10 Å². The smallest absolute Gasteiger partial charge is 0.433 e. The molecular formula is C39H51N7O14. The monoisotopic (exact) mass is 841 g/mol. The van der Waals surface area contributed by atoms with Crippen molar-refractivity contribution < 1.29 is 67.9 Å². The van der Waals surface area contributed by atoms with E-state index in [2.05, 4.69) is 26.6 Å². The molecule has 0 aliphatic carbocycles. The van der Waals surface area contributed by atoms with Gasteiger partial charge >= 0.3 is 18.2 Å². The van der Waals surface area contributed by atoms with Crippen molar-refractivity contribution in [2.24, 2.45) is 5.92 Å². The predicted octanol–water partition coefficient (Wildman–Crippen LogP) is 0.0112. The number of imide groups is 1. The van der Waals surface area contributed by atoms with E-state index in [1.165, 1.54) is 6.92 Å². The molecule has 2 aromatic rings. The number of carboxylic acids is 1. The Labute approximate surface area is 345 Å². The fraction of sp³-hybridized carbons (Fsp3) is 0.462. The van der Waals surface area contributed by atoms with Crippen LogP contribution in [0.4, 0.5) is 9.59 Å². The predicted molar refractivity (Wildman–Crippen MR) is 208 cm³/mol. The van der Waals surface area contributed by atoms with Crippen molar-refractivity contribution in [2.75, 3.05) is 7.05 Å². The summed E-state index contributed by atoms with van der Waals surface area (Å²) in [6.07, 6.45) is -8.75. The normalized spacial score (nSPS) is 17.1. The molecule has 60 heavy (non-hydrogen) atoms. The molecule has 3 rings (SSSR count). The number of hydrogen-bond acceptors (Lipinski definition) is 12. The summed E-state index contributed by atoms with van der Waals surface area (Å²) in [5.74, 6) is -8.19. The molecule has 1 heterocycles. The van der Waals surface area contributed by atoms with Gasteiger partial charge in [-0.15, -0.1) is 5.01 Å². The molecule has 326 valence electrons. The number of carbonyl (C=O) groups excluding carboxylic acids is 7. The third-order valence-corrected chi connectivity index (χ3v) is 9.37. The van der Waals surface area contributed by atoms with Crippen molar-refractivity contribution >= 4 is 53.6 Å². The van der Waals surface area contributed by atoms with Crippen molar-refractivity contribution in [3.63, 3.8) is 0 Å². The van der Waals surface area contributed by atoms with Crippen LogP contribution in [0.15, 0.2) is 60.7 Å². The Kier molecular flexibility index (Phi) is 17.9. The molecule has 1 aliphatic heterocycles. The van der Waals surface area contributed by atoms with Crippen LogP contribution in [0.2, 0.25) is 0 Å². The molecule has 1 saturated heterocycles. The summed E-state index contributed by atoms with van der Waals surface area (Å²) in [5, 5.41) is 42.0. The molecule has 8 N–H and O–H groups in total. The number of nitrogens with one attached hydrogen (secondary N) is 5. The van der Waals surface area contributed by atoms with Gasteiger partial charge in [0.25, 0.3) is 17.7 Å². The van der Waals surface area contributed by atoms with Gasteiger partial charge in [-0.1, -0.05) is 80.9 Å². The number of nitrogens with zero attached hydrogens (tertiary/aromatic N) is 2. The minimum absolute atomic E-state index is 0.0964. The largest absolute Gasteiger partial charge is 0.481 e. The van der Waals surface area contributed by atoms with Gasteiger partial charge in [-0.3, -0.25) is 33.6 Å². The van der Waals surface area contributed by atoms with Crippen LogP contribution >= 0.6 is 0 Å². The number of carboxylic acid groups (broad SMARTS) is 2. The number of hydrogen-bond donors (Lipinski definition) is 8. The summed E-state index contributed by atoms with van der Waals surface area (Å²) in [6.45, 7) is 5.86. The van der Waals surface area contributed by atoms with Crippen molar-refractivity contribution in [3.05, 3.63) is 71.8 Å². The summed E-state index contributed by atoms with van der Waals surface area (Å²) < 4.78 is 10.4. The molecule has 0 radical (unpaired) electrons. The van der Waals surface area contributed by atoms with E-state index in [1.807, 2.05) is 0 Å².